The van der Waals surface area contributed by atoms with E-state index in [0.29, 0.717) is 0 Å². The molecule has 0 atom stereocenters. The molecule has 0 radical (unpaired) electrons. The molecule has 0 aliphatic rings. The van der Waals surface area contributed by atoms with Crippen LogP contribution in [0.3, 0.4) is 0 Å². The molecule has 2 rings (SSSR count). The Kier molecular flexibility index (Phi) is 4.66. The number of anilines is 1. The Bertz CT molecular complexity index is 543. The SMILES string of the molecule is COc1cccc(CNc2cc(Br)ccc2Br)c1. The number of benzene rings is 2. The van der Waals surface area contributed by atoms with Crippen LogP contribution < -0.4 is 10.1 Å². The molecule has 0 bridgehead atoms. The van der Waals surface area contributed by atoms with Crippen molar-refractivity contribution in [1.29, 1.82) is 0 Å². The van der Waals surface area contributed by atoms with E-state index in [0.717, 1.165) is 26.9 Å². The second kappa shape index (κ2) is 6.25. The van der Waals surface area contributed by atoms with Gasteiger partial charge in [-0.2, -0.15) is 0 Å². The van der Waals surface area contributed by atoms with Crippen molar-refractivity contribution in [1.82, 2.24) is 0 Å². The van der Waals surface area contributed by atoms with E-state index in [-0.39, 0.29) is 0 Å². The zero-order valence-corrected chi connectivity index (χ0v) is 13.1. The molecule has 0 aliphatic carbocycles. The lowest BCUT2D eigenvalue weighted by Crippen LogP contribution is -2.00. The van der Waals surface area contributed by atoms with Crippen molar-refractivity contribution in [3.8, 4) is 5.75 Å². The first-order valence-corrected chi connectivity index (χ1v) is 7.09. The topological polar surface area (TPSA) is 21.3 Å². The molecule has 0 unspecified atom stereocenters. The quantitative estimate of drug-likeness (QED) is 0.831. The van der Waals surface area contributed by atoms with Gasteiger partial charge in [-0.3, -0.25) is 0 Å². The first-order chi connectivity index (χ1) is 8.69. The molecule has 0 aliphatic heterocycles. The predicted molar refractivity (Wildman–Crippen MR) is 82.2 cm³/mol. The number of ether oxygens (including phenoxy) is 1. The average molecular weight is 371 g/mol. The van der Waals surface area contributed by atoms with Gasteiger partial charge in [-0.25, -0.2) is 0 Å². The maximum atomic E-state index is 5.21. The first kappa shape index (κ1) is 13.4. The van der Waals surface area contributed by atoms with Crippen molar-refractivity contribution >= 4 is 37.5 Å². The van der Waals surface area contributed by atoms with Gasteiger partial charge < -0.3 is 10.1 Å². The van der Waals surface area contributed by atoms with Gasteiger partial charge in [0, 0.05) is 21.2 Å². The summed E-state index contributed by atoms with van der Waals surface area (Å²) < 4.78 is 7.31. The molecule has 2 nitrogen and oxygen atoms in total. The van der Waals surface area contributed by atoms with Crippen LogP contribution in [0.1, 0.15) is 5.56 Å². The normalized spacial score (nSPS) is 10.2. The molecular formula is C14H13Br2NO. The fourth-order valence-corrected chi connectivity index (χ4v) is 2.36. The standard InChI is InChI=1S/C14H13Br2NO/c1-18-12-4-2-3-10(7-12)9-17-14-8-11(15)5-6-13(14)16/h2-8,17H,9H2,1H3. The average Bonchev–Trinajstić information content (AvgIpc) is 2.40. The maximum absolute atomic E-state index is 5.21. The van der Waals surface area contributed by atoms with E-state index >= 15 is 0 Å². The molecule has 0 saturated carbocycles. The Morgan fingerprint density at radius 2 is 1.94 bits per heavy atom. The fraction of sp³-hybridized carbons (Fsp3) is 0.143. The van der Waals surface area contributed by atoms with Crippen LogP contribution in [0.15, 0.2) is 51.4 Å². The third-order valence-electron chi connectivity index (χ3n) is 2.55. The molecule has 94 valence electrons. The smallest absolute Gasteiger partial charge is 0.119 e. The van der Waals surface area contributed by atoms with Gasteiger partial charge in [-0.15, -0.1) is 0 Å². The Morgan fingerprint density at radius 1 is 1.11 bits per heavy atom. The molecular weight excluding hydrogens is 358 g/mol. The summed E-state index contributed by atoms with van der Waals surface area (Å²) in [4.78, 5) is 0. The molecule has 2 aromatic carbocycles. The third kappa shape index (κ3) is 3.50. The van der Waals surface area contributed by atoms with Crippen LogP contribution in [0.4, 0.5) is 5.69 Å². The lowest BCUT2D eigenvalue weighted by atomic mass is 10.2. The van der Waals surface area contributed by atoms with Crippen LogP contribution in [0.5, 0.6) is 5.75 Å². The summed E-state index contributed by atoms with van der Waals surface area (Å²) in [5, 5.41) is 3.39. The second-order valence-electron chi connectivity index (χ2n) is 3.83. The van der Waals surface area contributed by atoms with Gasteiger partial charge in [-0.1, -0.05) is 28.1 Å². The van der Waals surface area contributed by atoms with Crippen LogP contribution in [0.2, 0.25) is 0 Å². The van der Waals surface area contributed by atoms with E-state index in [4.69, 9.17) is 4.74 Å². The van der Waals surface area contributed by atoms with Crippen molar-refractivity contribution in [2.75, 3.05) is 12.4 Å². The Labute approximate surface area is 124 Å². The molecule has 0 heterocycles. The Hall–Kier alpha value is -1.000. The highest BCUT2D eigenvalue weighted by molar-refractivity contribution is 9.11. The van der Waals surface area contributed by atoms with E-state index in [1.54, 1.807) is 7.11 Å². The lowest BCUT2D eigenvalue weighted by molar-refractivity contribution is 0.414. The number of hydrogen-bond donors (Lipinski definition) is 1. The van der Waals surface area contributed by atoms with Gasteiger partial charge in [0.2, 0.25) is 0 Å². The summed E-state index contributed by atoms with van der Waals surface area (Å²) in [5.74, 6) is 0.877. The summed E-state index contributed by atoms with van der Waals surface area (Å²) in [5.41, 5.74) is 2.24. The van der Waals surface area contributed by atoms with Crippen LogP contribution in [0, 0.1) is 0 Å². The van der Waals surface area contributed by atoms with Gasteiger partial charge in [0.1, 0.15) is 5.75 Å². The summed E-state index contributed by atoms with van der Waals surface area (Å²) in [6, 6.07) is 14.1. The van der Waals surface area contributed by atoms with Crippen LogP contribution in [0.25, 0.3) is 0 Å². The first-order valence-electron chi connectivity index (χ1n) is 5.51. The van der Waals surface area contributed by atoms with Crippen molar-refractivity contribution < 1.29 is 4.74 Å². The second-order valence-corrected chi connectivity index (χ2v) is 5.60. The minimum absolute atomic E-state index is 0.756. The molecule has 0 aromatic heterocycles. The zero-order chi connectivity index (χ0) is 13.0. The number of methoxy groups -OCH3 is 1. The monoisotopic (exact) mass is 369 g/mol. The summed E-state index contributed by atoms with van der Waals surface area (Å²) >= 11 is 6.99. The third-order valence-corrected chi connectivity index (χ3v) is 3.73. The molecule has 0 spiro atoms. The predicted octanol–water partition coefficient (Wildman–Crippen LogP) is 4.83. The van der Waals surface area contributed by atoms with Crippen molar-refractivity contribution in [2.24, 2.45) is 0 Å². The molecule has 18 heavy (non-hydrogen) atoms. The number of halogens is 2. The van der Waals surface area contributed by atoms with Gasteiger partial charge in [-0.05, 0) is 51.8 Å². The van der Waals surface area contributed by atoms with Crippen molar-refractivity contribution in [2.45, 2.75) is 6.54 Å². The fourth-order valence-electron chi connectivity index (χ4n) is 1.61. The zero-order valence-electron chi connectivity index (χ0n) is 9.91. The summed E-state index contributed by atoms with van der Waals surface area (Å²) in [7, 11) is 1.68. The van der Waals surface area contributed by atoms with Gasteiger partial charge in [0.05, 0.1) is 7.11 Å². The highest BCUT2D eigenvalue weighted by Gasteiger charge is 2.01. The molecule has 0 saturated heterocycles. The number of hydrogen-bond acceptors (Lipinski definition) is 2. The van der Waals surface area contributed by atoms with Crippen molar-refractivity contribution in [3.63, 3.8) is 0 Å². The Morgan fingerprint density at radius 3 is 2.72 bits per heavy atom. The van der Waals surface area contributed by atoms with Crippen molar-refractivity contribution in [3.05, 3.63) is 57.0 Å². The summed E-state index contributed by atoms with van der Waals surface area (Å²) in [6.07, 6.45) is 0. The Balaban J connectivity index is 2.08. The van der Waals surface area contributed by atoms with E-state index in [1.807, 2.05) is 36.4 Å². The number of nitrogens with one attached hydrogen (secondary N) is 1. The van der Waals surface area contributed by atoms with Gasteiger partial charge >= 0.3 is 0 Å². The molecule has 0 fully saturated rings. The minimum Gasteiger partial charge on any atom is -0.497 e. The van der Waals surface area contributed by atoms with Crippen LogP contribution in [-0.4, -0.2) is 7.11 Å². The van der Waals surface area contributed by atoms with Crippen LogP contribution in [-0.2, 0) is 6.54 Å². The van der Waals surface area contributed by atoms with E-state index in [1.165, 1.54) is 5.56 Å². The van der Waals surface area contributed by atoms with E-state index in [9.17, 15) is 0 Å². The van der Waals surface area contributed by atoms with Gasteiger partial charge in [0.25, 0.3) is 0 Å². The minimum atomic E-state index is 0.756. The molecule has 1 N–H and O–H groups in total. The lowest BCUT2D eigenvalue weighted by Gasteiger charge is -2.10. The van der Waals surface area contributed by atoms with E-state index in [2.05, 4.69) is 43.2 Å². The maximum Gasteiger partial charge on any atom is 0.119 e. The molecule has 0 amide bonds. The van der Waals surface area contributed by atoms with E-state index < -0.39 is 0 Å². The van der Waals surface area contributed by atoms with Crippen LogP contribution >= 0.6 is 31.9 Å². The summed E-state index contributed by atoms with van der Waals surface area (Å²) in [6.45, 7) is 0.756. The largest absolute Gasteiger partial charge is 0.497 e. The highest BCUT2D eigenvalue weighted by atomic mass is 79.9. The van der Waals surface area contributed by atoms with Gasteiger partial charge in [0.15, 0.2) is 0 Å². The highest BCUT2D eigenvalue weighted by Crippen LogP contribution is 2.26. The molecule has 2 aromatic rings. The number of rotatable bonds is 4. The molecule has 4 heteroatoms.